The zero-order chi connectivity index (χ0) is 8.72. The predicted molar refractivity (Wildman–Crippen MR) is 48.8 cm³/mol. The van der Waals surface area contributed by atoms with E-state index >= 15 is 0 Å². The average molecular weight is 164 g/mol. The molecule has 2 saturated carbocycles. The predicted octanol–water partition coefficient (Wildman–Crippen LogP) is 2.57. The molecule has 0 aliphatic heterocycles. The average Bonchev–Trinajstić information content (AvgIpc) is 2.73. The zero-order valence-electron chi connectivity index (χ0n) is 7.68. The normalized spacial score (nSPS) is 39.1. The number of carbonyl (C=O) groups is 1. The Bertz CT molecular complexity index is 229. The van der Waals surface area contributed by atoms with E-state index in [1.54, 1.807) is 0 Å². The highest BCUT2D eigenvalue weighted by atomic mass is 16.1. The van der Waals surface area contributed by atoms with Gasteiger partial charge in [-0.05, 0) is 38.5 Å². The zero-order valence-corrected chi connectivity index (χ0v) is 7.68. The fourth-order valence-electron chi connectivity index (χ4n) is 2.40. The monoisotopic (exact) mass is 164 g/mol. The molecule has 1 heteroatoms. The molecule has 0 aromatic carbocycles. The topological polar surface area (TPSA) is 17.1 Å². The Labute approximate surface area is 73.8 Å². The van der Waals surface area contributed by atoms with E-state index in [4.69, 9.17) is 0 Å². The van der Waals surface area contributed by atoms with Crippen LogP contribution in [0.1, 0.15) is 32.6 Å². The van der Waals surface area contributed by atoms with Gasteiger partial charge < -0.3 is 0 Å². The number of allylic oxidation sites excluding steroid dienone is 1. The molecule has 2 aliphatic rings. The smallest absolute Gasteiger partial charge is 0.139 e. The van der Waals surface area contributed by atoms with Crippen LogP contribution in [0.3, 0.4) is 0 Å². The summed E-state index contributed by atoms with van der Waals surface area (Å²) in [5, 5.41) is 0. The lowest BCUT2D eigenvalue weighted by molar-refractivity contribution is -0.125. The lowest BCUT2D eigenvalue weighted by atomic mass is 9.84. The van der Waals surface area contributed by atoms with Gasteiger partial charge in [-0.25, -0.2) is 0 Å². The molecule has 0 N–H and O–H groups in total. The Balaban J connectivity index is 1.97. The van der Waals surface area contributed by atoms with Gasteiger partial charge in [0.2, 0.25) is 0 Å². The van der Waals surface area contributed by atoms with Crippen molar-refractivity contribution in [2.45, 2.75) is 32.6 Å². The number of rotatable bonds is 2. The van der Waals surface area contributed by atoms with Crippen LogP contribution in [0.2, 0.25) is 0 Å². The first-order valence-corrected chi connectivity index (χ1v) is 4.86. The summed E-state index contributed by atoms with van der Waals surface area (Å²) >= 11 is 0. The third kappa shape index (κ3) is 1.33. The first-order chi connectivity index (χ1) is 5.68. The molecule has 12 heavy (non-hydrogen) atoms. The molecular formula is C11H16O. The van der Waals surface area contributed by atoms with Gasteiger partial charge in [0, 0.05) is 11.8 Å². The quantitative estimate of drug-likeness (QED) is 0.573. The molecule has 2 fully saturated rings. The Kier molecular flexibility index (Phi) is 1.82. The Morgan fingerprint density at radius 1 is 1.58 bits per heavy atom. The molecule has 0 aromatic heterocycles. The van der Waals surface area contributed by atoms with Crippen molar-refractivity contribution in [1.29, 1.82) is 0 Å². The van der Waals surface area contributed by atoms with Gasteiger partial charge >= 0.3 is 0 Å². The largest absolute Gasteiger partial charge is 0.299 e. The molecule has 66 valence electrons. The number of hydrogen-bond donors (Lipinski definition) is 0. The van der Waals surface area contributed by atoms with Gasteiger partial charge in [0.15, 0.2) is 0 Å². The van der Waals surface area contributed by atoms with Crippen LogP contribution < -0.4 is 0 Å². The SMILES string of the molecule is C=C(C)C[C@H]1CC[C@@H]2C[C@@H]2C1=O. The van der Waals surface area contributed by atoms with Gasteiger partial charge in [0.05, 0.1) is 0 Å². The van der Waals surface area contributed by atoms with Crippen molar-refractivity contribution in [3.63, 3.8) is 0 Å². The summed E-state index contributed by atoms with van der Waals surface area (Å²) in [5.74, 6) is 2.10. The molecule has 0 heterocycles. The van der Waals surface area contributed by atoms with Crippen LogP contribution in [0.4, 0.5) is 0 Å². The molecule has 1 nitrogen and oxygen atoms in total. The van der Waals surface area contributed by atoms with Crippen molar-refractivity contribution in [1.82, 2.24) is 0 Å². The highest BCUT2D eigenvalue weighted by Gasteiger charge is 2.48. The lowest BCUT2D eigenvalue weighted by Gasteiger charge is -2.19. The van der Waals surface area contributed by atoms with Crippen LogP contribution in [0.5, 0.6) is 0 Å². The van der Waals surface area contributed by atoms with Gasteiger partial charge in [0.25, 0.3) is 0 Å². The third-order valence-corrected chi connectivity index (χ3v) is 3.17. The minimum Gasteiger partial charge on any atom is -0.299 e. The van der Waals surface area contributed by atoms with E-state index in [0.717, 1.165) is 24.3 Å². The summed E-state index contributed by atoms with van der Waals surface area (Å²) < 4.78 is 0. The fourth-order valence-corrected chi connectivity index (χ4v) is 2.40. The molecule has 2 rings (SSSR count). The van der Waals surface area contributed by atoms with E-state index in [0.29, 0.717) is 17.6 Å². The minimum absolute atomic E-state index is 0.325. The highest BCUT2D eigenvalue weighted by Crippen LogP contribution is 2.50. The first-order valence-electron chi connectivity index (χ1n) is 4.86. The molecule has 2 aliphatic carbocycles. The van der Waals surface area contributed by atoms with Crippen LogP contribution in [0.15, 0.2) is 12.2 Å². The van der Waals surface area contributed by atoms with Crippen LogP contribution in [-0.4, -0.2) is 5.78 Å². The van der Waals surface area contributed by atoms with Crippen LogP contribution in [0, 0.1) is 17.8 Å². The van der Waals surface area contributed by atoms with Crippen molar-refractivity contribution in [2.24, 2.45) is 17.8 Å². The maximum Gasteiger partial charge on any atom is 0.139 e. The van der Waals surface area contributed by atoms with E-state index in [-0.39, 0.29) is 0 Å². The first kappa shape index (κ1) is 8.03. The maximum atomic E-state index is 11.7. The molecule has 0 amide bonds. The van der Waals surface area contributed by atoms with E-state index in [2.05, 4.69) is 6.58 Å². The molecule has 0 bridgehead atoms. The molecule has 0 unspecified atom stereocenters. The van der Waals surface area contributed by atoms with E-state index < -0.39 is 0 Å². The van der Waals surface area contributed by atoms with Crippen molar-refractivity contribution in [3.8, 4) is 0 Å². The standard InChI is InChI=1S/C11H16O/c1-7(2)5-9-4-3-8-6-10(8)11(9)12/h8-10H,1,3-6H2,2H3/t8-,9-,10+/m1/s1. The summed E-state index contributed by atoms with van der Waals surface area (Å²) in [6.07, 6.45) is 4.52. The Morgan fingerprint density at radius 2 is 2.33 bits per heavy atom. The second-order valence-corrected chi connectivity index (χ2v) is 4.44. The van der Waals surface area contributed by atoms with Crippen LogP contribution in [-0.2, 0) is 4.79 Å². The van der Waals surface area contributed by atoms with E-state index in [1.807, 2.05) is 6.92 Å². The second kappa shape index (κ2) is 2.72. The number of ketones is 1. The third-order valence-electron chi connectivity index (χ3n) is 3.17. The van der Waals surface area contributed by atoms with Gasteiger partial charge in [-0.2, -0.15) is 0 Å². The minimum atomic E-state index is 0.325. The summed E-state index contributed by atoms with van der Waals surface area (Å²) in [6.45, 7) is 5.89. The summed E-state index contributed by atoms with van der Waals surface area (Å²) in [6, 6.07) is 0. The van der Waals surface area contributed by atoms with Gasteiger partial charge in [-0.15, -0.1) is 6.58 Å². The molecule has 0 spiro atoms. The number of fused-ring (bicyclic) bond motifs is 1. The number of carbonyl (C=O) groups excluding carboxylic acids is 1. The van der Waals surface area contributed by atoms with Crippen LogP contribution >= 0.6 is 0 Å². The van der Waals surface area contributed by atoms with Crippen LogP contribution in [0.25, 0.3) is 0 Å². The molecule has 3 atom stereocenters. The van der Waals surface area contributed by atoms with Gasteiger partial charge in [-0.1, -0.05) is 5.57 Å². The molecule has 0 aromatic rings. The second-order valence-electron chi connectivity index (χ2n) is 4.44. The van der Waals surface area contributed by atoms with E-state index in [9.17, 15) is 4.79 Å². The van der Waals surface area contributed by atoms with Gasteiger partial charge in [0.1, 0.15) is 5.78 Å². The van der Waals surface area contributed by atoms with E-state index in [1.165, 1.54) is 12.8 Å². The van der Waals surface area contributed by atoms with Gasteiger partial charge in [-0.3, -0.25) is 4.79 Å². The molecule has 0 saturated heterocycles. The number of hydrogen-bond acceptors (Lipinski definition) is 1. The Morgan fingerprint density at radius 3 is 3.00 bits per heavy atom. The summed E-state index contributed by atoms with van der Waals surface area (Å²) in [7, 11) is 0. The highest BCUT2D eigenvalue weighted by molar-refractivity contribution is 5.87. The van der Waals surface area contributed by atoms with Crippen molar-refractivity contribution < 1.29 is 4.79 Å². The number of Topliss-reactive ketones (excluding diaryl/α,β-unsaturated/α-hetero) is 1. The Hall–Kier alpha value is -0.590. The van der Waals surface area contributed by atoms with Crippen molar-refractivity contribution >= 4 is 5.78 Å². The maximum absolute atomic E-state index is 11.7. The summed E-state index contributed by atoms with van der Waals surface area (Å²) in [4.78, 5) is 11.7. The molecule has 0 radical (unpaired) electrons. The van der Waals surface area contributed by atoms with Crippen molar-refractivity contribution in [3.05, 3.63) is 12.2 Å². The lowest BCUT2D eigenvalue weighted by Crippen LogP contribution is -2.21. The molecular weight excluding hydrogens is 148 g/mol. The summed E-state index contributed by atoms with van der Waals surface area (Å²) in [5.41, 5.74) is 1.16. The van der Waals surface area contributed by atoms with Crippen molar-refractivity contribution in [2.75, 3.05) is 0 Å². The fraction of sp³-hybridized carbons (Fsp3) is 0.727.